The van der Waals surface area contributed by atoms with Crippen LogP contribution in [-0.4, -0.2) is 55.2 Å². The topological polar surface area (TPSA) is 85.3 Å². The second-order valence-electron chi connectivity index (χ2n) is 8.84. The third kappa shape index (κ3) is 6.66. The van der Waals surface area contributed by atoms with Crippen LogP contribution in [0.4, 0.5) is 0 Å². The Hall–Kier alpha value is -3.32. The van der Waals surface area contributed by atoms with E-state index in [0.717, 1.165) is 31.2 Å². The molecule has 2 aromatic carbocycles. The number of aliphatic hydroxyl groups is 1. The quantitative estimate of drug-likeness (QED) is 0.161. The minimum Gasteiger partial charge on any atom is -0.507 e. The van der Waals surface area contributed by atoms with Crippen molar-refractivity contribution in [3.63, 3.8) is 0 Å². The van der Waals surface area contributed by atoms with Gasteiger partial charge in [0.05, 0.1) is 24.8 Å². The number of hydrogen-bond acceptors (Lipinski definition) is 6. The molecule has 1 fully saturated rings. The fourth-order valence-electron chi connectivity index (χ4n) is 4.21. The monoisotopic (exact) mass is 495 g/mol. The number of carbonyl (C=O) groups is 2. The molecule has 0 aromatic heterocycles. The summed E-state index contributed by atoms with van der Waals surface area (Å²) in [6.45, 7) is 6.20. The van der Waals surface area contributed by atoms with Gasteiger partial charge in [-0.3, -0.25) is 9.59 Å². The normalized spacial score (nSPS) is 17.0. The molecular formula is C29H37NO6. The minimum absolute atomic E-state index is 0.0799. The number of benzene rings is 2. The third-order valence-corrected chi connectivity index (χ3v) is 6.10. The fraction of sp³-hybridized carbons (Fsp3) is 0.448. The van der Waals surface area contributed by atoms with E-state index < -0.39 is 17.7 Å². The number of likely N-dealkylation sites (tertiary alicyclic amines) is 1. The van der Waals surface area contributed by atoms with Crippen molar-refractivity contribution in [1.29, 1.82) is 0 Å². The van der Waals surface area contributed by atoms with Gasteiger partial charge in [0.15, 0.2) is 0 Å². The standard InChI is InChI=1S/C29H37NO6/c1-4-6-7-20-36-24-15-11-22(12-16-24)27(31)25-26(21-9-13-23(14-10-21)35-18-5-2)30(17-8-19-34-3)29(33)28(25)32/h9-16,26,31H,4-8,17-20H2,1-3H3/b27-25+. The van der Waals surface area contributed by atoms with E-state index in [4.69, 9.17) is 14.2 Å². The van der Waals surface area contributed by atoms with E-state index in [1.807, 2.05) is 31.2 Å². The lowest BCUT2D eigenvalue weighted by Gasteiger charge is -2.25. The summed E-state index contributed by atoms with van der Waals surface area (Å²) >= 11 is 0. The molecule has 194 valence electrons. The van der Waals surface area contributed by atoms with E-state index in [2.05, 4.69) is 6.92 Å². The van der Waals surface area contributed by atoms with Gasteiger partial charge in [-0.25, -0.2) is 0 Å². The maximum atomic E-state index is 13.1. The number of amides is 1. The van der Waals surface area contributed by atoms with E-state index in [1.54, 1.807) is 31.4 Å². The Morgan fingerprint density at radius 2 is 1.47 bits per heavy atom. The summed E-state index contributed by atoms with van der Waals surface area (Å²) in [4.78, 5) is 27.7. The van der Waals surface area contributed by atoms with Crippen LogP contribution in [-0.2, 0) is 14.3 Å². The molecule has 0 spiro atoms. The molecule has 1 heterocycles. The van der Waals surface area contributed by atoms with Crippen molar-refractivity contribution in [2.45, 2.75) is 52.0 Å². The number of methoxy groups -OCH3 is 1. The lowest BCUT2D eigenvalue weighted by Crippen LogP contribution is -2.31. The summed E-state index contributed by atoms with van der Waals surface area (Å²) in [7, 11) is 1.60. The smallest absolute Gasteiger partial charge is 0.295 e. The van der Waals surface area contributed by atoms with Crippen molar-refractivity contribution >= 4 is 17.4 Å². The van der Waals surface area contributed by atoms with Crippen LogP contribution in [0.5, 0.6) is 11.5 Å². The Morgan fingerprint density at radius 3 is 2.08 bits per heavy atom. The van der Waals surface area contributed by atoms with Crippen molar-refractivity contribution in [2.75, 3.05) is 33.5 Å². The van der Waals surface area contributed by atoms with Gasteiger partial charge in [-0.05, 0) is 61.2 Å². The van der Waals surface area contributed by atoms with Crippen molar-refractivity contribution in [3.05, 3.63) is 65.2 Å². The molecule has 3 rings (SSSR count). The number of aliphatic hydroxyl groups excluding tert-OH is 1. The molecule has 1 N–H and O–H groups in total. The van der Waals surface area contributed by atoms with Gasteiger partial charge < -0.3 is 24.2 Å². The zero-order valence-electron chi connectivity index (χ0n) is 21.5. The fourth-order valence-corrected chi connectivity index (χ4v) is 4.21. The molecule has 1 saturated heterocycles. The Morgan fingerprint density at radius 1 is 0.833 bits per heavy atom. The maximum Gasteiger partial charge on any atom is 0.295 e. The van der Waals surface area contributed by atoms with Crippen LogP contribution in [0, 0.1) is 0 Å². The van der Waals surface area contributed by atoms with Crippen molar-refractivity contribution in [3.8, 4) is 11.5 Å². The van der Waals surface area contributed by atoms with E-state index in [1.165, 1.54) is 4.90 Å². The van der Waals surface area contributed by atoms with Crippen LogP contribution in [0.25, 0.3) is 5.76 Å². The Bertz CT molecular complexity index is 1030. The largest absolute Gasteiger partial charge is 0.507 e. The summed E-state index contributed by atoms with van der Waals surface area (Å²) in [5, 5.41) is 11.2. The molecule has 1 unspecified atom stereocenters. The van der Waals surface area contributed by atoms with Gasteiger partial charge in [-0.2, -0.15) is 0 Å². The Balaban J connectivity index is 1.93. The summed E-state index contributed by atoms with van der Waals surface area (Å²) in [6, 6.07) is 13.6. The highest BCUT2D eigenvalue weighted by Crippen LogP contribution is 2.40. The highest BCUT2D eigenvalue weighted by atomic mass is 16.5. The van der Waals surface area contributed by atoms with Crippen molar-refractivity contribution in [1.82, 2.24) is 4.90 Å². The van der Waals surface area contributed by atoms with E-state index in [0.29, 0.717) is 49.8 Å². The number of carbonyl (C=O) groups excluding carboxylic acids is 2. The average molecular weight is 496 g/mol. The molecular weight excluding hydrogens is 458 g/mol. The van der Waals surface area contributed by atoms with Gasteiger partial charge in [-0.15, -0.1) is 0 Å². The second-order valence-corrected chi connectivity index (χ2v) is 8.84. The highest BCUT2D eigenvalue weighted by molar-refractivity contribution is 6.46. The van der Waals surface area contributed by atoms with Crippen LogP contribution in [0.2, 0.25) is 0 Å². The average Bonchev–Trinajstić information content (AvgIpc) is 3.15. The molecule has 1 atom stereocenters. The number of rotatable bonds is 14. The minimum atomic E-state index is -0.702. The molecule has 0 bridgehead atoms. The van der Waals surface area contributed by atoms with Gasteiger partial charge in [-0.1, -0.05) is 38.8 Å². The molecule has 0 radical (unpaired) electrons. The third-order valence-electron chi connectivity index (χ3n) is 6.10. The molecule has 7 nitrogen and oxygen atoms in total. The van der Waals surface area contributed by atoms with Gasteiger partial charge >= 0.3 is 0 Å². The molecule has 1 aliphatic rings. The van der Waals surface area contributed by atoms with Gasteiger partial charge in [0.1, 0.15) is 17.3 Å². The summed E-state index contributed by atoms with van der Waals surface area (Å²) in [6.07, 6.45) is 4.67. The van der Waals surface area contributed by atoms with Crippen LogP contribution in [0.1, 0.15) is 63.1 Å². The first-order valence-electron chi connectivity index (χ1n) is 12.7. The first kappa shape index (κ1) is 27.3. The Kier molecular flexibility index (Phi) is 10.4. The predicted octanol–water partition coefficient (Wildman–Crippen LogP) is 5.50. The van der Waals surface area contributed by atoms with Crippen LogP contribution in [0.15, 0.2) is 54.1 Å². The van der Waals surface area contributed by atoms with E-state index in [9.17, 15) is 14.7 Å². The number of unbranched alkanes of at least 4 members (excludes halogenated alkanes) is 2. The number of hydrogen-bond donors (Lipinski definition) is 1. The number of nitrogens with zero attached hydrogens (tertiary/aromatic N) is 1. The van der Waals surface area contributed by atoms with Crippen molar-refractivity contribution in [2.24, 2.45) is 0 Å². The predicted molar refractivity (Wildman–Crippen MR) is 139 cm³/mol. The number of Topliss-reactive ketones (excluding diaryl/α,β-unsaturated/α-hetero) is 1. The van der Waals surface area contributed by atoms with Gasteiger partial charge in [0, 0.05) is 25.8 Å². The van der Waals surface area contributed by atoms with Crippen LogP contribution in [0.3, 0.4) is 0 Å². The molecule has 7 heteroatoms. The molecule has 36 heavy (non-hydrogen) atoms. The van der Waals surface area contributed by atoms with E-state index in [-0.39, 0.29) is 11.3 Å². The summed E-state index contributed by atoms with van der Waals surface area (Å²) in [5.74, 6) is -0.106. The lowest BCUT2D eigenvalue weighted by atomic mass is 9.95. The van der Waals surface area contributed by atoms with Crippen molar-refractivity contribution < 1.29 is 28.9 Å². The molecule has 0 saturated carbocycles. The first-order chi connectivity index (χ1) is 17.5. The zero-order chi connectivity index (χ0) is 25.9. The van der Waals surface area contributed by atoms with Crippen LogP contribution >= 0.6 is 0 Å². The first-order valence-corrected chi connectivity index (χ1v) is 12.7. The number of ether oxygens (including phenoxy) is 3. The molecule has 1 aliphatic heterocycles. The SMILES string of the molecule is CCCCCOc1ccc(/C(O)=C2\C(=O)C(=O)N(CCCOC)C2c2ccc(OCCC)cc2)cc1. The van der Waals surface area contributed by atoms with E-state index >= 15 is 0 Å². The number of ketones is 1. The second kappa shape index (κ2) is 13.7. The van der Waals surface area contributed by atoms with Gasteiger partial charge in [0.25, 0.3) is 11.7 Å². The molecule has 2 aromatic rings. The maximum absolute atomic E-state index is 13.1. The Labute approximate surface area is 213 Å². The zero-order valence-corrected chi connectivity index (χ0v) is 21.5. The van der Waals surface area contributed by atoms with Crippen LogP contribution < -0.4 is 9.47 Å². The van der Waals surface area contributed by atoms with Gasteiger partial charge in [0.2, 0.25) is 0 Å². The lowest BCUT2D eigenvalue weighted by molar-refractivity contribution is -0.140. The highest BCUT2D eigenvalue weighted by Gasteiger charge is 2.45. The molecule has 1 amide bonds. The summed E-state index contributed by atoms with van der Waals surface area (Å²) < 4.78 is 16.6. The summed E-state index contributed by atoms with van der Waals surface area (Å²) in [5.41, 5.74) is 1.27. The molecule has 0 aliphatic carbocycles.